The van der Waals surface area contributed by atoms with E-state index in [-0.39, 0.29) is 11.9 Å². The largest absolute Gasteiger partial charge is 0.465 e. The third-order valence-electron chi connectivity index (χ3n) is 2.44. The first-order valence-corrected chi connectivity index (χ1v) is 7.34. The fourth-order valence-corrected chi connectivity index (χ4v) is 2.41. The molecule has 1 rings (SSSR count). The Bertz CT molecular complexity index is 433. The predicted octanol–water partition coefficient (Wildman–Crippen LogP) is 3.10. The molecule has 112 valence electrons. The van der Waals surface area contributed by atoms with Crippen molar-refractivity contribution < 1.29 is 23.4 Å². The van der Waals surface area contributed by atoms with Crippen molar-refractivity contribution in [3.63, 3.8) is 0 Å². The summed E-state index contributed by atoms with van der Waals surface area (Å²) >= 11 is 1.41. The molecule has 0 aliphatic heterocycles. The van der Waals surface area contributed by atoms with Gasteiger partial charge in [-0.2, -0.15) is 0 Å². The number of ether oxygens (including phenoxy) is 3. The molecule has 1 aromatic carbocycles. The maximum Gasteiger partial charge on any atom is 0.340 e. The van der Waals surface area contributed by atoms with Gasteiger partial charge in [0.05, 0.1) is 12.7 Å². The molecule has 0 aliphatic rings. The van der Waals surface area contributed by atoms with Crippen LogP contribution in [0.1, 0.15) is 24.2 Å². The average Bonchev–Trinajstić information content (AvgIpc) is 2.44. The highest BCUT2D eigenvalue weighted by Gasteiger charge is 2.14. The Balaban J connectivity index is 2.64. The lowest BCUT2D eigenvalue weighted by Gasteiger charge is -2.16. The second kappa shape index (κ2) is 8.94. The van der Waals surface area contributed by atoms with E-state index in [0.29, 0.717) is 23.9 Å². The minimum Gasteiger partial charge on any atom is -0.465 e. The zero-order valence-corrected chi connectivity index (χ0v) is 12.7. The summed E-state index contributed by atoms with van der Waals surface area (Å²) in [5, 5.41) is 0. The van der Waals surface area contributed by atoms with Crippen LogP contribution in [-0.4, -0.2) is 38.3 Å². The number of halogens is 1. The van der Waals surface area contributed by atoms with Gasteiger partial charge in [-0.25, -0.2) is 9.18 Å². The lowest BCUT2D eigenvalue weighted by molar-refractivity contribution is -0.120. The van der Waals surface area contributed by atoms with Gasteiger partial charge in [0, 0.05) is 23.9 Å². The van der Waals surface area contributed by atoms with Crippen molar-refractivity contribution in [1.82, 2.24) is 0 Å². The number of esters is 1. The van der Waals surface area contributed by atoms with Crippen LogP contribution in [0.3, 0.4) is 0 Å². The molecule has 0 amide bonds. The molecule has 6 heteroatoms. The predicted molar refractivity (Wildman–Crippen MR) is 75.5 cm³/mol. The Kier molecular flexibility index (Phi) is 7.58. The van der Waals surface area contributed by atoms with Gasteiger partial charge in [0.2, 0.25) is 0 Å². The number of carbonyl (C=O) groups excluding carboxylic acids is 1. The van der Waals surface area contributed by atoms with E-state index in [1.165, 1.54) is 31.0 Å². The minimum absolute atomic E-state index is 0.0667. The van der Waals surface area contributed by atoms with Crippen LogP contribution in [0.5, 0.6) is 0 Å². The standard InChI is InChI=1S/C14H19FO4S/c1-4-18-13(19-5-2)9-20-10-6-7-11(12(15)8-10)14(16)17-3/h6-8,13H,4-5,9H2,1-3H3. The summed E-state index contributed by atoms with van der Waals surface area (Å²) in [6, 6.07) is 4.40. The van der Waals surface area contributed by atoms with Gasteiger partial charge in [-0.05, 0) is 32.0 Å². The molecule has 0 saturated carbocycles. The highest BCUT2D eigenvalue weighted by molar-refractivity contribution is 7.99. The number of hydrogen-bond donors (Lipinski definition) is 0. The molecule has 0 bridgehead atoms. The molecule has 0 fully saturated rings. The molecule has 0 unspecified atom stereocenters. The van der Waals surface area contributed by atoms with E-state index in [9.17, 15) is 9.18 Å². The van der Waals surface area contributed by atoms with Crippen molar-refractivity contribution >= 4 is 17.7 Å². The highest BCUT2D eigenvalue weighted by atomic mass is 32.2. The van der Waals surface area contributed by atoms with Crippen molar-refractivity contribution in [3.05, 3.63) is 29.6 Å². The fraction of sp³-hybridized carbons (Fsp3) is 0.500. The molecule has 0 atom stereocenters. The summed E-state index contributed by atoms with van der Waals surface area (Å²) in [7, 11) is 1.22. The third kappa shape index (κ3) is 5.11. The molecule has 0 radical (unpaired) electrons. The van der Waals surface area contributed by atoms with Crippen molar-refractivity contribution in [3.8, 4) is 0 Å². The summed E-state index contributed by atoms with van der Waals surface area (Å²) in [5.74, 6) is -0.717. The third-order valence-corrected chi connectivity index (χ3v) is 3.46. The Hall–Kier alpha value is -1.11. The first kappa shape index (κ1) is 16.9. The lowest BCUT2D eigenvalue weighted by Crippen LogP contribution is -2.20. The maximum atomic E-state index is 13.7. The normalized spacial score (nSPS) is 10.8. The van der Waals surface area contributed by atoms with E-state index in [4.69, 9.17) is 9.47 Å². The van der Waals surface area contributed by atoms with Crippen LogP contribution in [0.4, 0.5) is 4.39 Å². The van der Waals surface area contributed by atoms with E-state index >= 15 is 0 Å². The van der Waals surface area contributed by atoms with Gasteiger partial charge in [0.15, 0.2) is 6.29 Å². The fourth-order valence-electron chi connectivity index (χ4n) is 1.54. The second-order valence-corrected chi connectivity index (χ2v) is 4.88. The Morgan fingerprint density at radius 2 is 1.95 bits per heavy atom. The van der Waals surface area contributed by atoms with Gasteiger partial charge in [-0.15, -0.1) is 11.8 Å². The molecule has 20 heavy (non-hydrogen) atoms. The summed E-state index contributed by atoms with van der Waals surface area (Å²) in [4.78, 5) is 12.0. The van der Waals surface area contributed by atoms with Gasteiger partial charge < -0.3 is 14.2 Å². The molecule has 0 saturated heterocycles. The molecule has 0 heterocycles. The van der Waals surface area contributed by atoms with Gasteiger partial charge >= 0.3 is 5.97 Å². The molecular formula is C14H19FO4S. The first-order valence-electron chi connectivity index (χ1n) is 6.36. The molecule has 1 aromatic rings. The highest BCUT2D eigenvalue weighted by Crippen LogP contribution is 2.23. The zero-order valence-electron chi connectivity index (χ0n) is 11.8. The van der Waals surface area contributed by atoms with E-state index < -0.39 is 11.8 Å². The van der Waals surface area contributed by atoms with Crippen LogP contribution in [0.15, 0.2) is 23.1 Å². The van der Waals surface area contributed by atoms with E-state index in [1.807, 2.05) is 13.8 Å². The van der Waals surface area contributed by atoms with Gasteiger partial charge in [0.1, 0.15) is 5.82 Å². The van der Waals surface area contributed by atoms with E-state index in [0.717, 1.165) is 0 Å². The van der Waals surface area contributed by atoms with Crippen molar-refractivity contribution in [2.75, 3.05) is 26.1 Å². The molecule has 0 N–H and O–H groups in total. The summed E-state index contributed by atoms with van der Waals surface area (Å²) in [5.41, 5.74) is -0.0667. The van der Waals surface area contributed by atoms with Crippen LogP contribution in [0.25, 0.3) is 0 Å². The van der Waals surface area contributed by atoms with Crippen molar-refractivity contribution in [2.45, 2.75) is 25.0 Å². The minimum atomic E-state index is -0.680. The quantitative estimate of drug-likeness (QED) is 0.419. The van der Waals surface area contributed by atoms with Crippen LogP contribution in [-0.2, 0) is 14.2 Å². The molecule has 0 aliphatic carbocycles. The maximum absolute atomic E-state index is 13.7. The number of rotatable bonds is 8. The monoisotopic (exact) mass is 302 g/mol. The van der Waals surface area contributed by atoms with Gasteiger partial charge in [-0.1, -0.05) is 0 Å². The number of methoxy groups -OCH3 is 1. The lowest BCUT2D eigenvalue weighted by atomic mass is 10.2. The second-order valence-electron chi connectivity index (χ2n) is 3.78. The van der Waals surface area contributed by atoms with Gasteiger partial charge in [0.25, 0.3) is 0 Å². The number of carbonyl (C=O) groups is 1. The van der Waals surface area contributed by atoms with Crippen LogP contribution < -0.4 is 0 Å². The topological polar surface area (TPSA) is 44.8 Å². The summed E-state index contributed by atoms with van der Waals surface area (Å²) < 4.78 is 29.0. The summed E-state index contributed by atoms with van der Waals surface area (Å²) in [6.07, 6.45) is -0.321. The smallest absolute Gasteiger partial charge is 0.340 e. The van der Waals surface area contributed by atoms with E-state index in [1.54, 1.807) is 6.07 Å². The number of benzene rings is 1. The zero-order chi connectivity index (χ0) is 15.0. The Morgan fingerprint density at radius 1 is 1.30 bits per heavy atom. The molecule has 0 aromatic heterocycles. The first-order chi connectivity index (χ1) is 9.62. The van der Waals surface area contributed by atoms with E-state index in [2.05, 4.69) is 4.74 Å². The van der Waals surface area contributed by atoms with Gasteiger partial charge in [-0.3, -0.25) is 0 Å². The molecule has 0 spiro atoms. The SMILES string of the molecule is CCOC(CSc1ccc(C(=O)OC)c(F)c1)OCC. The number of hydrogen-bond acceptors (Lipinski definition) is 5. The van der Waals surface area contributed by atoms with Crippen LogP contribution in [0.2, 0.25) is 0 Å². The Labute approximate surface area is 122 Å². The van der Waals surface area contributed by atoms with Crippen LogP contribution in [0, 0.1) is 5.82 Å². The number of thioether (sulfide) groups is 1. The molecular weight excluding hydrogens is 283 g/mol. The Morgan fingerprint density at radius 3 is 2.45 bits per heavy atom. The molecule has 4 nitrogen and oxygen atoms in total. The average molecular weight is 302 g/mol. The summed E-state index contributed by atoms with van der Waals surface area (Å²) in [6.45, 7) is 4.89. The van der Waals surface area contributed by atoms with Crippen LogP contribution >= 0.6 is 11.8 Å². The van der Waals surface area contributed by atoms with Crippen molar-refractivity contribution in [2.24, 2.45) is 0 Å². The van der Waals surface area contributed by atoms with Crippen molar-refractivity contribution in [1.29, 1.82) is 0 Å².